The first-order chi connectivity index (χ1) is 8.56. The Kier molecular flexibility index (Phi) is 4.48. The topological polar surface area (TPSA) is 49.9 Å². The third kappa shape index (κ3) is 3.37. The predicted molar refractivity (Wildman–Crippen MR) is 83.4 cm³/mol. The molecule has 2 rings (SSSR count). The summed E-state index contributed by atoms with van der Waals surface area (Å²) in [5, 5.41) is 7.62. The van der Waals surface area contributed by atoms with Crippen LogP contribution >= 0.6 is 43.6 Å². The lowest BCUT2D eigenvalue weighted by Gasteiger charge is -2.08. The second kappa shape index (κ2) is 5.91. The number of nitrogens with one attached hydrogen (secondary N) is 1. The summed E-state index contributed by atoms with van der Waals surface area (Å²) < 4.78 is 1.96. The molecule has 2 aromatic rings. The summed E-state index contributed by atoms with van der Waals surface area (Å²) in [4.78, 5) is 2.08. The Labute approximate surface area is 127 Å². The number of nitrogens with two attached hydrogens (primary N) is 1. The van der Waals surface area contributed by atoms with Crippen LogP contribution in [0.15, 0.2) is 61.2 Å². The maximum absolute atomic E-state index is 7.62. The van der Waals surface area contributed by atoms with E-state index in [9.17, 15) is 0 Å². The summed E-state index contributed by atoms with van der Waals surface area (Å²) in [5.41, 5.74) is 6.35. The fourth-order valence-electron chi connectivity index (χ4n) is 1.46. The highest BCUT2D eigenvalue weighted by Gasteiger charge is 2.08. The Morgan fingerprint density at radius 3 is 2.44 bits per heavy atom. The Hall–Kier alpha value is -0.780. The van der Waals surface area contributed by atoms with Crippen molar-refractivity contribution in [2.45, 2.75) is 9.79 Å². The molecule has 0 aliphatic carbocycles. The Balaban J connectivity index is 2.37. The summed E-state index contributed by atoms with van der Waals surface area (Å²) in [6.07, 6.45) is 0. The number of halogens is 2. The SMILES string of the molecule is N=C(N)c1cc(Br)ccc1Sc1cccc(Br)c1. The molecule has 0 amide bonds. The average Bonchev–Trinajstić information content (AvgIpc) is 2.31. The van der Waals surface area contributed by atoms with Gasteiger partial charge in [-0.1, -0.05) is 49.7 Å². The van der Waals surface area contributed by atoms with Gasteiger partial charge >= 0.3 is 0 Å². The van der Waals surface area contributed by atoms with E-state index < -0.39 is 0 Å². The van der Waals surface area contributed by atoms with Crippen LogP contribution in [0, 0.1) is 5.41 Å². The van der Waals surface area contributed by atoms with Crippen LogP contribution in [-0.4, -0.2) is 5.84 Å². The van der Waals surface area contributed by atoms with Crippen LogP contribution in [0.25, 0.3) is 0 Å². The largest absolute Gasteiger partial charge is 0.384 e. The van der Waals surface area contributed by atoms with Crippen molar-refractivity contribution in [2.24, 2.45) is 5.73 Å². The second-order valence-electron chi connectivity index (χ2n) is 3.61. The zero-order valence-corrected chi connectivity index (χ0v) is 13.3. The molecule has 0 atom stereocenters. The lowest BCUT2D eigenvalue weighted by atomic mass is 10.2. The molecule has 0 fully saturated rings. The summed E-state index contributed by atoms with van der Waals surface area (Å²) in [6.45, 7) is 0. The van der Waals surface area contributed by atoms with Crippen LogP contribution in [0.4, 0.5) is 0 Å². The molecule has 0 radical (unpaired) electrons. The zero-order valence-electron chi connectivity index (χ0n) is 9.28. The number of rotatable bonds is 3. The molecule has 92 valence electrons. The van der Waals surface area contributed by atoms with Gasteiger partial charge < -0.3 is 5.73 Å². The van der Waals surface area contributed by atoms with Gasteiger partial charge in [0.15, 0.2) is 0 Å². The lowest BCUT2D eigenvalue weighted by Crippen LogP contribution is -2.12. The van der Waals surface area contributed by atoms with Crippen molar-refractivity contribution >= 4 is 49.5 Å². The van der Waals surface area contributed by atoms with Crippen molar-refractivity contribution in [2.75, 3.05) is 0 Å². The highest BCUT2D eigenvalue weighted by Crippen LogP contribution is 2.33. The molecular weight excluding hydrogens is 376 g/mol. The Morgan fingerprint density at radius 2 is 1.78 bits per heavy atom. The first kappa shape index (κ1) is 13.6. The molecule has 0 saturated carbocycles. The number of nitrogen functional groups attached to an aromatic ring is 1. The van der Waals surface area contributed by atoms with E-state index in [1.807, 2.05) is 42.5 Å². The van der Waals surface area contributed by atoms with Gasteiger partial charge in [0.05, 0.1) is 0 Å². The molecule has 3 N–H and O–H groups in total. The summed E-state index contributed by atoms with van der Waals surface area (Å²) in [5.74, 6) is 0.0776. The quantitative estimate of drug-likeness (QED) is 0.596. The minimum atomic E-state index is 0.0776. The van der Waals surface area contributed by atoms with Crippen LogP contribution < -0.4 is 5.73 Å². The Morgan fingerprint density at radius 1 is 1.06 bits per heavy atom. The van der Waals surface area contributed by atoms with E-state index in [0.717, 1.165) is 24.3 Å². The average molecular weight is 386 g/mol. The molecule has 2 nitrogen and oxygen atoms in total. The molecule has 0 bridgehead atoms. The van der Waals surface area contributed by atoms with Crippen LogP contribution in [0.1, 0.15) is 5.56 Å². The van der Waals surface area contributed by atoms with E-state index in [4.69, 9.17) is 11.1 Å². The summed E-state index contributed by atoms with van der Waals surface area (Å²) >= 11 is 8.43. The number of amidine groups is 1. The molecule has 0 spiro atoms. The second-order valence-corrected chi connectivity index (χ2v) is 6.56. The molecule has 0 aliphatic heterocycles. The maximum Gasteiger partial charge on any atom is 0.123 e. The molecule has 0 heterocycles. The lowest BCUT2D eigenvalue weighted by molar-refractivity contribution is 1.32. The maximum atomic E-state index is 7.62. The van der Waals surface area contributed by atoms with Gasteiger partial charge in [-0.2, -0.15) is 0 Å². The van der Waals surface area contributed by atoms with Gasteiger partial charge in [0.25, 0.3) is 0 Å². The van der Waals surface area contributed by atoms with Crippen molar-refractivity contribution in [3.05, 3.63) is 57.0 Å². The fourth-order valence-corrected chi connectivity index (χ4v) is 3.37. The molecule has 0 saturated heterocycles. The molecule has 0 aliphatic rings. The van der Waals surface area contributed by atoms with E-state index in [2.05, 4.69) is 31.9 Å². The highest BCUT2D eigenvalue weighted by atomic mass is 79.9. The normalized spacial score (nSPS) is 10.3. The van der Waals surface area contributed by atoms with Gasteiger partial charge in [-0.3, -0.25) is 5.41 Å². The first-order valence-corrected chi connectivity index (χ1v) is 7.54. The predicted octanol–water partition coefficient (Wildman–Crippen LogP) is 4.65. The van der Waals surface area contributed by atoms with Gasteiger partial charge in [0.1, 0.15) is 5.84 Å². The Bertz CT molecular complexity index is 599. The number of benzene rings is 2. The molecule has 0 unspecified atom stereocenters. The third-order valence-corrected chi connectivity index (χ3v) is 4.31. The van der Waals surface area contributed by atoms with Gasteiger partial charge in [-0.05, 0) is 36.4 Å². The molecular formula is C13H10Br2N2S. The molecule has 0 aromatic heterocycles. The van der Waals surface area contributed by atoms with Crippen LogP contribution in [0.2, 0.25) is 0 Å². The number of hydrogen-bond donors (Lipinski definition) is 2. The van der Waals surface area contributed by atoms with Crippen molar-refractivity contribution in [3.8, 4) is 0 Å². The van der Waals surface area contributed by atoms with Crippen molar-refractivity contribution in [1.82, 2.24) is 0 Å². The van der Waals surface area contributed by atoms with E-state index in [-0.39, 0.29) is 5.84 Å². The third-order valence-electron chi connectivity index (χ3n) is 2.26. The van der Waals surface area contributed by atoms with Crippen LogP contribution in [-0.2, 0) is 0 Å². The molecule has 5 heteroatoms. The fraction of sp³-hybridized carbons (Fsp3) is 0. The van der Waals surface area contributed by atoms with Crippen LogP contribution in [0.3, 0.4) is 0 Å². The van der Waals surface area contributed by atoms with Gasteiger partial charge in [-0.25, -0.2) is 0 Å². The zero-order chi connectivity index (χ0) is 13.1. The van der Waals surface area contributed by atoms with E-state index in [1.165, 1.54) is 0 Å². The number of hydrogen-bond acceptors (Lipinski definition) is 2. The van der Waals surface area contributed by atoms with Crippen LogP contribution in [0.5, 0.6) is 0 Å². The van der Waals surface area contributed by atoms with Gasteiger partial charge in [0, 0.05) is 24.3 Å². The minimum absolute atomic E-state index is 0.0776. The van der Waals surface area contributed by atoms with Gasteiger partial charge in [-0.15, -0.1) is 0 Å². The monoisotopic (exact) mass is 384 g/mol. The van der Waals surface area contributed by atoms with Crippen molar-refractivity contribution in [3.63, 3.8) is 0 Å². The smallest absolute Gasteiger partial charge is 0.123 e. The van der Waals surface area contributed by atoms with Crippen molar-refractivity contribution < 1.29 is 0 Å². The standard InChI is InChI=1S/C13H10Br2N2S/c14-8-2-1-3-10(6-8)18-12-5-4-9(15)7-11(12)13(16)17/h1-7H,(H3,16,17). The minimum Gasteiger partial charge on any atom is -0.384 e. The van der Waals surface area contributed by atoms with E-state index in [0.29, 0.717) is 0 Å². The van der Waals surface area contributed by atoms with Gasteiger partial charge in [0.2, 0.25) is 0 Å². The van der Waals surface area contributed by atoms with E-state index in [1.54, 1.807) is 11.8 Å². The first-order valence-electron chi connectivity index (χ1n) is 5.13. The molecule has 2 aromatic carbocycles. The highest BCUT2D eigenvalue weighted by molar-refractivity contribution is 9.10. The summed E-state index contributed by atoms with van der Waals surface area (Å²) in [6, 6.07) is 13.8. The van der Waals surface area contributed by atoms with E-state index >= 15 is 0 Å². The molecule has 18 heavy (non-hydrogen) atoms. The van der Waals surface area contributed by atoms with Crippen molar-refractivity contribution in [1.29, 1.82) is 5.41 Å². The summed E-state index contributed by atoms with van der Waals surface area (Å²) in [7, 11) is 0.